The molecule has 1 aliphatic heterocycles. The van der Waals surface area contributed by atoms with E-state index in [4.69, 9.17) is 4.42 Å². The Morgan fingerprint density at radius 3 is 2.62 bits per heavy atom. The fourth-order valence-electron chi connectivity index (χ4n) is 3.31. The number of nitrogens with zero attached hydrogens (tertiary/aromatic N) is 2. The first kappa shape index (κ1) is 18.2. The molecule has 0 bridgehead atoms. The lowest BCUT2D eigenvalue weighted by atomic mass is 9.95. The summed E-state index contributed by atoms with van der Waals surface area (Å²) in [6.45, 7) is 5.21. The number of carboxylic acids is 1. The molecule has 26 heavy (non-hydrogen) atoms. The van der Waals surface area contributed by atoms with Gasteiger partial charge in [0, 0.05) is 19.0 Å². The third kappa shape index (κ3) is 4.15. The van der Waals surface area contributed by atoms with Crippen molar-refractivity contribution in [1.82, 2.24) is 10.3 Å². The van der Waals surface area contributed by atoms with Crippen LogP contribution in [0.1, 0.15) is 33.1 Å². The normalized spacial score (nSPS) is 16.8. The summed E-state index contributed by atoms with van der Waals surface area (Å²) in [5, 5.41) is 12.0. The molecule has 0 saturated carbocycles. The van der Waals surface area contributed by atoms with E-state index in [2.05, 4.69) is 10.3 Å². The summed E-state index contributed by atoms with van der Waals surface area (Å²) >= 11 is 0. The average molecular weight is 359 g/mol. The topological polar surface area (TPSA) is 95.7 Å². The number of carbonyl (C=O) groups is 2. The van der Waals surface area contributed by atoms with Gasteiger partial charge in [-0.3, -0.25) is 4.79 Å². The summed E-state index contributed by atoms with van der Waals surface area (Å²) in [6, 6.07) is 7.37. The average Bonchev–Trinajstić information content (AvgIpc) is 3.05. The minimum atomic E-state index is -0.976. The minimum absolute atomic E-state index is 0.171. The Balaban J connectivity index is 1.57. The Kier molecular flexibility index (Phi) is 5.44. The third-order valence-corrected chi connectivity index (χ3v) is 4.74. The Hall–Kier alpha value is -2.57. The van der Waals surface area contributed by atoms with Gasteiger partial charge in [0.25, 0.3) is 6.01 Å². The zero-order valence-corrected chi connectivity index (χ0v) is 15.1. The number of hydrogen-bond acceptors (Lipinski definition) is 5. The molecule has 0 radical (unpaired) electrons. The molecule has 2 heterocycles. The standard InChI is InChI=1S/C19H25N3O4/c1-12(2)11-15(18(24)25)20-17(23)13-7-9-22(10-8-13)19-21-14-5-3-4-6-16(14)26-19/h3-6,12-13,15H,7-11H2,1-2H3,(H,20,23)(H,24,25). The lowest BCUT2D eigenvalue weighted by Crippen LogP contribution is -2.47. The van der Waals surface area contributed by atoms with E-state index in [1.54, 1.807) is 0 Å². The number of aromatic nitrogens is 1. The summed E-state index contributed by atoms with van der Waals surface area (Å²) in [4.78, 5) is 30.3. The molecular weight excluding hydrogens is 334 g/mol. The second-order valence-electron chi connectivity index (χ2n) is 7.25. The van der Waals surface area contributed by atoms with Crippen LogP contribution in [0.5, 0.6) is 0 Å². The van der Waals surface area contributed by atoms with E-state index in [1.807, 2.05) is 43.0 Å². The number of benzene rings is 1. The molecule has 1 unspecified atom stereocenters. The molecule has 1 amide bonds. The van der Waals surface area contributed by atoms with Crippen molar-refractivity contribution in [3.63, 3.8) is 0 Å². The molecule has 2 aromatic rings. The van der Waals surface area contributed by atoms with Crippen molar-refractivity contribution in [2.75, 3.05) is 18.0 Å². The number of amides is 1. The van der Waals surface area contributed by atoms with Crippen molar-refractivity contribution in [2.45, 2.75) is 39.2 Å². The Morgan fingerprint density at radius 1 is 1.31 bits per heavy atom. The van der Waals surface area contributed by atoms with Crippen LogP contribution >= 0.6 is 0 Å². The van der Waals surface area contributed by atoms with Crippen molar-refractivity contribution >= 4 is 29.0 Å². The number of carboxylic acid groups (broad SMARTS) is 1. The van der Waals surface area contributed by atoms with Crippen LogP contribution < -0.4 is 10.2 Å². The van der Waals surface area contributed by atoms with Crippen LogP contribution in [0.2, 0.25) is 0 Å². The van der Waals surface area contributed by atoms with Crippen molar-refractivity contribution < 1.29 is 19.1 Å². The van der Waals surface area contributed by atoms with E-state index in [1.165, 1.54) is 0 Å². The maximum atomic E-state index is 12.4. The van der Waals surface area contributed by atoms with Gasteiger partial charge in [0.1, 0.15) is 11.6 Å². The molecule has 140 valence electrons. The number of nitrogens with one attached hydrogen (secondary N) is 1. The Labute approximate surface area is 152 Å². The first-order valence-corrected chi connectivity index (χ1v) is 9.07. The second kappa shape index (κ2) is 7.76. The van der Waals surface area contributed by atoms with E-state index in [-0.39, 0.29) is 17.7 Å². The van der Waals surface area contributed by atoms with Crippen molar-refractivity contribution in [3.05, 3.63) is 24.3 Å². The van der Waals surface area contributed by atoms with E-state index in [0.717, 1.165) is 11.1 Å². The molecule has 7 nitrogen and oxygen atoms in total. The Morgan fingerprint density at radius 2 is 2.00 bits per heavy atom. The summed E-state index contributed by atoms with van der Waals surface area (Å²) < 4.78 is 5.78. The summed E-state index contributed by atoms with van der Waals surface area (Å²) in [7, 11) is 0. The van der Waals surface area contributed by atoms with Gasteiger partial charge < -0.3 is 19.7 Å². The van der Waals surface area contributed by atoms with Crippen LogP contribution in [-0.4, -0.2) is 41.1 Å². The lowest BCUT2D eigenvalue weighted by molar-refractivity contribution is -0.143. The van der Waals surface area contributed by atoms with Gasteiger partial charge in [-0.05, 0) is 37.3 Å². The molecule has 3 rings (SSSR count). The maximum absolute atomic E-state index is 12.4. The maximum Gasteiger partial charge on any atom is 0.326 e. The van der Waals surface area contributed by atoms with Crippen molar-refractivity contribution in [3.8, 4) is 0 Å². The summed E-state index contributed by atoms with van der Waals surface area (Å²) in [6.07, 6.45) is 1.74. The van der Waals surface area contributed by atoms with Crippen LogP contribution in [0.15, 0.2) is 28.7 Å². The summed E-state index contributed by atoms with van der Waals surface area (Å²) in [5.41, 5.74) is 1.57. The molecule has 1 aliphatic rings. The monoisotopic (exact) mass is 359 g/mol. The van der Waals surface area contributed by atoms with Gasteiger partial charge in [-0.15, -0.1) is 0 Å². The molecule has 2 N–H and O–H groups in total. The fourth-order valence-corrected chi connectivity index (χ4v) is 3.31. The quantitative estimate of drug-likeness (QED) is 0.823. The van der Waals surface area contributed by atoms with Crippen molar-refractivity contribution in [1.29, 1.82) is 0 Å². The van der Waals surface area contributed by atoms with Gasteiger partial charge >= 0.3 is 5.97 Å². The Bertz CT molecular complexity index is 745. The zero-order valence-electron chi connectivity index (χ0n) is 15.1. The summed E-state index contributed by atoms with van der Waals surface area (Å²) in [5.74, 6) is -1.12. The molecule has 1 atom stereocenters. The number of fused-ring (bicyclic) bond motifs is 1. The SMILES string of the molecule is CC(C)CC(NC(=O)C1CCN(c2nc3ccccc3o2)CC1)C(=O)O. The molecule has 1 aromatic heterocycles. The van der Waals surface area contributed by atoms with Crippen LogP contribution in [0.4, 0.5) is 6.01 Å². The molecule has 1 saturated heterocycles. The number of anilines is 1. The molecule has 1 aromatic carbocycles. The largest absolute Gasteiger partial charge is 0.480 e. The highest BCUT2D eigenvalue weighted by molar-refractivity contribution is 5.85. The minimum Gasteiger partial charge on any atom is -0.480 e. The number of piperidine rings is 1. The predicted molar refractivity (Wildman–Crippen MR) is 98.0 cm³/mol. The second-order valence-corrected chi connectivity index (χ2v) is 7.25. The van der Waals surface area contributed by atoms with Crippen LogP contribution in [0, 0.1) is 11.8 Å². The highest BCUT2D eigenvalue weighted by atomic mass is 16.4. The van der Waals surface area contributed by atoms with E-state index in [0.29, 0.717) is 38.4 Å². The van der Waals surface area contributed by atoms with Gasteiger partial charge in [-0.2, -0.15) is 4.98 Å². The van der Waals surface area contributed by atoms with Crippen molar-refractivity contribution in [2.24, 2.45) is 11.8 Å². The molecular formula is C19H25N3O4. The highest BCUT2D eigenvalue weighted by Gasteiger charge is 2.30. The molecule has 7 heteroatoms. The van der Waals surface area contributed by atoms with Gasteiger partial charge in [-0.1, -0.05) is 26.0 Å². The number of aliphatic carboxylic acids is 1. The highest BCUT2D eigenvalue weighted by Crippen LogP contribution is 2.26. The van der Waals surface area contributed by atoms with E-state index in [9.17, 15) is 14.7 Å². The fraction of sp³-hybridized carbons (Fsp3) is 0.526. The number of rotatable bonds is 6. The lowest BCUT2D eigenvalue weighted by Gasteiger charge is -2.30. The zero-order chi connectivity index (χ0) is 18.7. The molecule has 1 fully saturated rings. The molecule has 0 aliphatic carbocycles. The van der Waals surface area contributed by atoms with Crippen LogP contribution in [0.3, 0.4) is 0 Å². The van der Waals surface area contributed by atoms with E-state index >= 15 is 0 Å². The smallest absolute Gasteiger partial charge is 0.326 e. The first-order chi connectivity index (χ1) is 12.4. The van der Waals surface area contributed by atoms with Gasteiger partial charge in [0.2, 0.25) is 5.91 Å². The van der Waals surface area contributed by atoms with Gasteiger partial charge in [0.05, 0.1) is 0 Å². The third-order valence-electron chi connectivity index (χ3n) is 4.74. The molecule has 0 spiro atoms. The van der Waals surface area contributed by atoms with Gasteiger partial charge in [-0.25, -0.2) is 4.79 Å². The number of hydrogen-bond donors (Lipinski definition) is 2. The van der Waals surface area contributed by atoms with E-state index < -0.39 is 12.0 Å². The number of para-hydroxylation sites is 2. The van der Waals surface area contributed by atoms with Crippen LogP contribution in [-0.2, 0) is 9.59 Å². The van der Waals surface area contributed by atoms with Crippen LogP contribution in [0.25, 0.3) is 11.1 Å². The van der Waals surface area contributed by atoms with Gasteiger partial charge in [0.15, 0.2) is 5.58 Å². The predicted octanol–water partition coefficient (Wildman–Crippen LogP) is 2.66. The number of carbonyl (C=O) groups excluding carboxylic acids is 1. The first-order valence-electron chi connectivity index (χ1n) is 9.07. The number of oxazole rings is 1.